The first-order valence-corrected chi connectivity index (χ1v) is 8.62. The van der Waals surface area contributed by atoms with E-state index in [-0.39, 0.29) is 0 Å². The van der Waals surface area contributed by atoms with Gasteiger partial charge in [0.15, 0.2) is 0 Å². The van der Waals surface area contributed by atoms with Crippen molar-refractivity contribution in [3.63, 3.8) is 0 Å². The molecule has 23 heavy (non-hydrogen) atoms. The van der Waals surface area contributed by atoms with Gasteiger partial charge in [0.2, 0.25) is 0 Å². The first-order valence-electron chi connectivity index (χ1n) is 8.62. The second-order valence-electron chi connectivity index (χ2n) is 6.55. The summed E-state index contributed by atoms with van der Waals surface area (Å²) in [6.45, 7) is 13.3. The second kappa shape index (κ2) is 7.71. The van der Waals surface area contributed by atoms with Gasteiger partial charge in [0, 0.05) is 38.1 Å². The lowest BCUT2D eigenvalue weighted by Gasteiger charge is -2.40. The largest absolute Gasteiger partial charge is 0.299 e. The lowest BCUT2D eigenvalue weighted by molar-refractivity contribution is 0.103. The highest BCUT2D eigenvalue weighted by Crippen LogP contribution is 2.24. The molecular weight excluding hydrogens is 282 g/mol. The summed E-state index contributed by atoms with van der Waals surface area (Å²) in [6, 6.07) is 2.90. The molecule has 122 valence electrons. The number of rotatable bonds is 5. The molecule has 2 aliphatic heterocycles. The maximum atomic E-state index is 4.29. The lowest BCUT2D eigenvalue weighted by Crippen LogP contribution is -2.46. The van der Waals surface area contributed by atoms with Crippen LogP contribution < -0.4 is 0 Å². The molecule has 2 aliphatic rings. The normalized spacial score (nSPS) is 21.0. The zero-order valence-corrected chi connectivity index (χ0v) is 14.0. The van der Waals surface area contributed by atoms with Crippen molar-refractivity contribution < 1.29 is 0 Å². The molecule has 3 heterocycles. The minimum absolute atomic E-state index is 0.718. The average molecular weight is 309 g/mol. The molecular formula is C20H27N3. The van der Waals surface area contributed by atoms with Crippen molar-refractivity contribution in [1.82, 2.24) is 14.8 Å². The van der Waals surface area contributed by atoms with Gasteiger partial charge in [-0.2, -0.15) is 0 Å². The molecule has 0 saturated carbocycles. The van der Waals surface area contributed by atoms with E-state index in [1.807, 2.05) is 24.5 Å². The first kappa shape index (κ1) is 16.2. The van der Waals surface area contributed by atoms with Crippen LogP contribution in [0.2, 0.25) is 0 Å². The summed E-state index contributed by atoms with van der Waals surface area (Å²) in [5, 5.41) is 0. The Morgan fingerprint density at radius 3 is 2.78 bits per heavy atom. The summed E-state index contributed by atoms with van der Waals surface area (Å²) >= 11 is 0. The summed E-state index contributed by atoms with van der Waals surface area (Å²) in [5.41, 5.74) is 4.17. The van der Waals surface area contributed by atoms with Crippen LogP contribution in [0.5, 0.6) is 0 Å². The van der Waals surface area contributed by atoms with Crippen molar-refractivity contribution in [1.29, 1.82) is 0 Å². The predicted octanol–water partition coefficient (Wildman–Crippen LogP) is 3.20. The van der Waals surface area contributed by atoms with E-state index in [9.17, 15) is 0 Å². The Balaban J connectivity index is 1.53. The highest BCUT2D eigenvalue weighted by atomic mass is 15.2. The molecule has 3 nitrogen and oxygen atoms in total. The summed E-state index contributed by atoms with van der Waals surface area (Å²) < 4.78 is 0. The van der Waals surface area contributed by atoms with Gasteiger partial charge in [-0.3, -0.25) is 14.8 Å². The third-order valence-corrected chi connectivity index (χ3v) is 5.12. The SMILES string of the molecule is C=C/C=C(\C=C)CN1CCC(N2CCc3ccncc3C2)CC1. The average Bonchev–Trinajstić information content (AvgIpc) is 2.61. The van der Waals surface area contributed by atoms with Crippen molar-refractivity contribution in [2.45, 2.75) is 31.8 Å². The second-order valence-corrected chi connectivity index (χ2v) is 6.55. The fourth-order valence-corrected chi connectivity index (χ4v) is 3.75. The Labute approximate surface area is 140 Å². The summed E-state index contributed by atoms with van der Waals surface area (Å²) in [4.78, 5) is 9.49. The van der Waals surface area contributed by atoms with Crippen molar-refractivity contribution in [2.24, 2.45) is 0 Å². The van der Waals surface area contributed by atoms with Crippen LogP contribution in [0.15, 0.2) is 55.4 Å². The maximum absolute atomic E-state index is 4.29. The molecule has 1 aromatic rings. The summed E-state index contributed by atoms with van der Waals surface area (Å²) in [6.07, 6.45) is 13.5. The van der Waals surface area contributed by atoms with Crippen molar-refractivity contribution in [2.75, 3.05) is 26.2 Å². The number of piperidine rings is 1. The van der Waals surface area contributed by atoms with E-state index in [2.05, 4.69) is 40.1 Å². The van der Waals surface area contributed by atoms with Gasteiger partial charge in [-0.25, -0.2) is 0 Å². The zero-order chi connectivity index (χ0) is 16.1. The molecule has 3 heteroatoms. The van der Waals surface area contributed by atoms with E-state index in [1.54, 1.807) is 0 Å². The van der Waals surface area contributed by atoms with Gasteiger partial charge in [0.05, 0.1) is 0 Å². The highest BCUT2D eigenvalue weighted by Gasteiger charge is 2.27. The van der Waals surface area contributed by atoms with Gasteiger partial charge in [0.25, 0.3) is 0 Å². The molecule has 0 aromatic carbocycles. The molecule has 0 atom stereocenters. The van der Waals surface area contributed by atoms with Gasteiger partial charge in [-0.05, 0) is 55.1 Å². The van der Waals surface area contributed by atoms with Crippen molar-refractivity contribution in [3.05, 3.63) is 66.5 Å². The van der Waals surface area contributed by atoms with E-state index < -0.39 is 0 Å². The first-order chi connectivity index (χ1) is 11.3. The topological polar surface area (TPSA) is 19.4 Å². The third-order valence-electron chi connectivity index (χ3n) is 5.12. The zero-order valence-electron chi connectivity index (χ0n) is 14.0. The van der Waals surface area contributed by atoms with Gasteiger partial charge in [-0.1, -0.05) is 31.4 Å². The number of pyridine rings is 1. The van der Waals surface area contributed by atoms with Crippen LogP contribution >= 0.6 is 0 Å². The van der Waals surface area contributed by atoms with Crippen molar-refractivity contribution in [3.8, 4) is 0 Å². The quantitative estimate of drug-likeness (QED) is 0.779. The van der Waals surface area contributed by atoms with Crippen LogP contribution in [0.3, 0.4) is 0 Å². The molecule has 1 aromatic heterocycles. The number of likely N-dealkylation sites (tertiary alicyclic amines) is 1. The lowest BCUT2D eigenvalue weighted by atomic mass is 9.96. The van der Waals surface area contributed by atoms with E-state index in [0.717, 1.165) is 19.1 Å². The fourth-order valence-electron chi connectivity index (χ4n) is 3.75. The molecule has 1 fully saturated rings. The molecule has 0 N–H and O–H groups in total. The Kier molecular flexibility index (Phi) is 5.42. The highest BCUT2D eigenvalue weighted by molar-refractivity contribution is 5.26. The smallest absolute Gasteiger partial charge is 0.0315 e. The number of hydrogen-bond donors (Lipinski definition) is 0. The number of fused-ring (bicyclic) bond motifs is 1. The Morgan fingerprint density at radius 2 is 2.04 bits per heavy atom. The van der Waals surface area contributed by atoms with Crippen LogP contribution in [-0.2, 0) is 13.0 Å². The summed E-state index contributed by atoms with van der Waals surface area (Å²) in [5.74, 6) is 0. The van der Waals surface area contributed by atoms with E-state index in [4.69, 9.17) is 0 Å². The van der Waals surface area contributed by atoms with Gasteiger partial charge >= 0.3 is 0 Å². The molecule has 3 rings (SSSR count). The van der Waals surface area contributed by atoms with Crippen molar-refractivity contribution >= 4 is 0 Å². The molecule has 0 aliphatic carbocycles. The Bertz CT molecular complexity index is 582. The standard InChI is InChI=1S/C20H27N3/c1-3-5-17(4-2)15-22-11-8-20(9-12-22)23-13-7-18-6-10-21-14-19(18)16-23/h3-6,10,14,20H,1-2,7-9,11-13,15-16H2/b17-5+. The van der Waals surface area contributed by atoms with Crippen LogP contribution in [0.4, 0.5) is 0 Å². The van der Waals surface area contributed by atoms with E-state index >= 15 is 0 Å². The molecule has 0 radical (unpaired) electrons. The van der Waals surface area contributed by atoms with Crippen LogP contribution in [0.1, 0.15) is 24.0 Å². The number of hydrogen-bond acceptors (Lipinski definition) is 3. The van der Waals surface area contributed by atoms with E-state index in [0.29, 0.717) is 0 Å². The molecule has 0 amide bonds. The predicted molar refractivity (Wildman–Crippen MR) is 96.3 cm³/mol. The van der Waals surface area contributed by atoms with E-state index in [1.165, 1.54) is 55.6 Å². The molecule has 0 bridgehead atoms. The molecule has 0 spiro atoms. The number of allylic oxidation sites excluding steroid dienone is 2. The van der Waals surface area contributed by atoms with Gasteiger partial charge < -0.3 is 0 Å². The monoisotopic (exact) mass is 309 g/mol. The Hall–Kier alpha value is -1.71. The van der Waals surface area contributed by atoms with Gasteiger partial charge in [-0.15, -0.1) is 0 Å². The minimum Gasteiger partial charge on any atom is -0.299 e. The van der Waals surface area contributed by atoms with Crippen LogP contribution in [0, 0.1) is 0 Å². The van der Waals surface area contributed by atoms with Crippen LogP contribution in [0.25, 0.3) is 0 Å². The number of nitrogens with zero attached hydrogens (tertiary/aromatic N) is 3. The molecule has 1 saturated heterocycles. The van der Waals surface area contributed by atoms with Gasteiger partial charge in [0.1, 0.15) is 0 Å². The fraction of sp³-hybridized carbons (Fsp3) is 0.450. The third kappa shape index (κ3) is 3.98. The van der Waals surface area contributed by atoms with Crippen LogP contribution in [-0.4, -0.2) is 47.0 Å². The maximum Gasteiger partial charge on any atom is 0.0315 e. The number of aromatic nitrogens is 1. The minimum atomic E-state index is 0.718. The molecule has 0 unspecified atom stereocenters. The summed E-state index contributed by atoms with van der Waals surface area (Å²) in [7, 11) is 0. The Morgan fingerprint density at radius 1 is 1.22 bits per heavy atom.